The van der Waals surface area contributed by atoms with Crippen molar-refractivity contribution < 1.29 is 28.2 Å². The van der Waals surface area contributed by atoms with Gasteiger partial charge in [0.15, 0.2) is 0 Å². The molecule has 0 aromatic heterocycles. The number of benzene rings is 2. The fourth-order valence-electron chi connectivity index (χ4n) is 4.17. The van der Waals surface area contributed by atoms with Gasteiger partial charge < -0.3 is 19.1 Å². The lowest BCUT2D eigenvalue weighted by atomic mass is 9.70. The monoisotopic (exact) mass is 400 g/mol. The normalized spacial score (nSPS) is 25.3. The first-order valence-corrected chi connectivity index (χ1v) is 9.02. The van der Waals surface area contributed by atoms with Gasteiger partial charge in [0.1, 0.15) is 23.1 Å². The van der Waals surface area contributed by atoms with Gasteiger partial charge in [0.25, 0.3) is 5.91 Å². The van der Waals surface area contributed by atoms with Crippen LogP contribution in [0.1, 0.15) is 11.1 Å². The van der Waals surface area contributed by atoms with E-state index in [9.17, 15) is 9.59 Å². The van der Waals surface area contributed by atoms with Gasteiger partial charge in [-0.2, -0.15) is 4.39 Å². The number of ether oxygens (including phenoxy) is 3. The molecule has 0 aliphatic carbocycles. The molecule has 4 rings (SSSR count). The Morgan fingerprint density at radius 2 is 1.34 bits per heavy atom. The minimum Gasteiger partial charge on any atom is -0.497 e. The lowest BCUT2D eigenvalue weighted by molar-refractivity contribution is -0.352. The van der Waals surface area contributed by atoms with Gasteiger partial charge in [0, 0.05) is 14.1 Å². The molecule has 2 heterocycles. The molecule has 2 unspecified atom stereocenters. The topological polar surface area (TPSA) is 68.3 Å². The van der Waals surface area contributed by atoms with Gasteiger partial charge in [0.05, 0.1) is 14.2 Å². The number of hydrogen-bond donors (Lipinski definition) is 0. The standard InChI is InChI=1S/C21H21FN2O5/c1-23-17-20(13-5-9-15(27-3)10-6-13,14-7-11-16(28-4)12-8-14)29-21(17,22)18(25)24(2)19(23)26/h5-12,17H,1-4H3. The minimum absolute atomic E-state index is 0.594. The van der Waals surface area contributed by atoms with Crippen LogP contribution in [0, 0.1) is 0 Å². The van der Waals surface area contributed by atoms with Gasteiger partial charge in [-0.15, -0.1) is 0 Å². The van der Waals surface area contributed by atoms with Crippen LogP contribution in [0.15, 0.2) is 48.5 Å². The quantitative estimate of drug-likeness (QED) is 0.789. The van der Waals surface area contributed by atoms with Gasteiger partial charge >= 0.3 is 11.9 Å². The predicted octanol–water partition coefficient (Wildman–Crippen LogP) is 2.54. The van der Waals surface area contributed by atoms with Crippen molar-refractivity contribution in [2.45, 2.75) is 17.5 Å². The van der Waals surface area contributed by atoms with Crippen LogP contribution in [0.2, 0.25) is 0 Å². The molecule has 152 valence electrons. The number of amides is 3. The maximum absolute atomic E-state index is 15.7. The smallest absolute Gasteiger partial charge is 0.326 e. The summed E-state index contributed by atoms with van der Waals surface area (Å²) >= 11 is 0. The lowest BCUT2D eigenvalue weighted by Gasteiger charge is -2.62. The molecular weight excluding hydrogens is 379 g/mol. The van der Waals surface area contributed by atoms with E-state index in [0.717, 1.165) is 4.90 Å². The van der Waals surface area contributed by atoms with Crippen LogP contribution < -0.4 is 9.47 Å². The summed E-state index contributed by atoms with van der Waals surface area (Å²) in [6.07, 6.45) is 0. The van der Waals surface area contributed by atoms with E-state index >= 15 is 4.39 Å². The average Bonchev–Trinajstić information content (AvgIpc) is 2.74. The first-order valence-electron chi connectivity index (χ1n) is 9.02. The number of urea groups is 1. The number of carbonyl (C=O) groups is 2. The van der Waals surface area contributed by atoms with E-state index in [4.69, 9.17) is 14.2 Å². The summed E-state index contributed by atoms with van der Waals surface area (Å²) in [7, 11) is 5.79. The van der Waals surface area contributed by atoms with E-state index in [1.165, 1.54) is 19.0 Å². The van der Waals surface area contributed by atoms with Crippen molar-refractivity contribution in [2.75, 3.05) is 28.3 Å². The van der Waals surface area contributed by atoms with Crippen molar-refractivity contribution in [1.29, 1.82) is 0 Å². The SMILES string of the molecule is COc1ccc(C2(c3ccc(OC)cc3)OC3(F)C(=O)N(C)C(=O)N(C)C32)cc1. The first kappa shape index (κ1) is 19.2. The Labute approximate surface area is 167 Å². The molecule has 0 bridgehead atoms. The van der Waals surface area contributed by atoms with Crippen molar-refractivity contribution in [1.82, 2.24) is 9.80 Å². The molecule has 7 nitrogen and oxygen atoms in total. The van der Waals surface area contributed by atoms with Crippen LogP contribution in [-0.4, -0.2) is 61.9 Å². The van der Waals surface area contributed by atoms with Crippen molar-refractivity contribution >= 4 is 11.9 Å². The third-order valence-corrected chi connectivity index (χ3v) is 5.66. The highest BCUT2D eigenvalue weighted by Gasteiger charge is 2.77. The zero-order valence-electron chi connectivity index (χ0n) is 16.5. The second kappa shape index (κ2) is 6.45. The number of fused-ring (bicyclic) bond motifs is 1. The molecule has 2 atom stereocenters. The Bertz CT molecular complexity index is 915. The van der Waals surface area contributed by atoms with Crippen molar-refractivity contribution in [3.63, 3.8) is 0 Å². The maximum Gasteiger partial charge on any atom is 0.326 e. The number of alkyl halides is 1. The molecule has 0 saturated carbocycles. The minimum atomic E-state index is -2.64. The number of methoxy groups -OCH3 is 2. The van der Waals surface area contributed by atoms with Gasteiger partial charge in [-0.3, -0.25) is 9.69 Å². The Morgan fingerprint density at radius 3 is 1.76 bits per heavy atom. The van der Waals surface area contributed by atoms with Gasteiger partial charge in [-0.1, -0.05) is 24.3 Å². The maximum atomic E-state index is 15.7. The fourth-order valence-corrected chi connectivity index (χ4v) is 4.17. The summed E-state index contributed by atoms with van der Waals surface area (Å²) < 4.78 is 31.9. The van der Waals surface area contributed by atoms with Crippen LogP contribution in [0.25, 0.3) is 0 Å². The average molecular weight is 400 g/mol. The Kier molecular flexibility index (Phi) is 4.27. The highest BCUT2D eigenvalue weighted by molar-refractivity contribution is 6.02. The van der Waals surface area contributed by atoms with E-state index in [0.29, 0.717) is 22.6 Å². The summed E-state index contributed by atoms with van der Waals surface area (Å²) in [5, 5.41) is 0. The lowest BCUT2D eigenvalue weighted by Crippen LogP contribution is -2.83. The van der Waals surface area contributed by atoms with E-state index in [1.54, 1.807) is 62.8 Å². The van der Waals surface area contributed by atoms with Crippen molar-refractivity contribution in [3.8, 4) is 11.5 Å². The van der Waals surface area contributed by atoms with Crippen LogP contribution >= 0.6 is 0 Å². The summed E-state index contributed by atoms with van der Waals surface area (Å²) in [6.45, 7) is 0. The van der Waals surface area contributed by atoms with Gasteiger partial charge in [-0.25, -0.2) is 4.79 Å². The molecule has 2 fully saturated rings. The molecule has 2 aromatic carbocycles. The Morgan fingerprint density at radius 1 is 0.897 bits per heavy atom. The number of halogens is 1. The molecule has 2 aliphatic heterocycles. The molecule has 0 spiro atoms. The summed E-state index contributed by atoms with van der Waals surface area (Å²) in [4.78, 5) is 27.1. The van der Waals surface area contributed by atoms with Crippen LogP contribution in [0.5, 0.6) is 11.5 Å². The number of likely N-dealkylation sites (N-methyl/N-ethyl adjacent to an activating group) is 2. The number of rotatable bonds is 4. The van der Waals surface area contributed by atoms with Crippen LogP contribution in [0.3, 0.4) is 0 Å². The molecule has 2 aromatic rings. The van der Waals surface area contributed by atoms with E-state index in [2.05, 4.69) is 0 Å². The summed E-state index contributed by atoms with van der Waals surface area (Å²) in [5.74, 6) is -2.41. The second-order valence-electron chi connectivity index (χ2n) is 7.10. The molecule has 8 heteroatoms. The molecule has 0 N–H and O–H groups in total. The number of nitrogens with zero attached hydrogens (tertiary/aromatic N) is 2. The van der Waals surface area contributed by atoms with E-state index < -0.39 is 29.4 Å². The largest absolute Gasteiger partial charge is 0.497 e. The number of hydrogen-bond acceptors (Lipinski definition) is 5. The Hall–Kier alpha value is -3.13. The predicted molar refractivity (Wildman–Crippen MR) is 101 cm³/mol. The molecular formula is C21H21FN2O5. The van der Waals surface area contributed by atoms with Gasteiger partial charge in [-0.05, 0) is 35.4 Å². The third kappa shape index (κ3) is 2.45. The summed E-state index contributed by atoms with van der Waals surface area (Å²) in [5.41, 5.74) is -0.174. The molecule has 29 heavy (non-hydrogen) atoms. The van der Waals surface area contributed by atoms with Crippen LogP contribution in [-0.2, 0) is 15.1 Å². The Balaban J connectivity index is 1.90. The van der Waals surface area contributed by atoms with Crippen LogP contribution in [0.4, 0.5) is 9.18 Å². The highest BCUT2D eigenvalue weighted by Crippen LogP contribution is 2.58. The van der Waals surface area contributed by atoms with Crippen molar-refractivity contribution in [2.24, 2.45) is 0 Å². The zero-order chi connectivity index (χ0) is 21.0. The van der Waals surface area contributed by atoms with E-state index in [1.807, 2.05) is 0 Å². The van der Waals surface area contributed by atoms with E-state index in [-0.39, 0.29) is 0 Å². The molecule has 2 aliphatic rings. The fraction of sp³-hybridized carbons (Fsp3) is 0.333. The summed E-state index contributed by atoms with van der Waals surface area (Å²) in [6, 6.07) is 12.1. The number of carbonyl (C=O) groups excluding carboxylic acids is 2. The molecule has 0 radical (unpaired) electrons. The zero-order valence-corrected chi connectivity index (χ0v) is 16.5. The number of imide groups is 1. The molecule has 2 saturated heterocycles. The second-order valence-corrected chi connectivity index (χ2v) is 7.10. The van der Waals surface area contributed by atoms with Crippen molar-refractivity contribution in [3.05, 3.63) is 59.7 Å². The first-order chi connectivity index (χ1) is 13.8. The van der Waals surface area contributed by atoms with Gasteiger partial charge in [0.2, 0.25) is 0 Å². The third-order valence-electron chi connectivity index (χ3n) is 5.66. The highest BCUT2D eigenvalue weighted by atomic mass is 19.2. The molecule has 3 amide bonds.